The zero-order valence-corrected chi connectivity index (χ0v) is 10.9. The fourth-order valence-electron chi connectivity index (χ4n) is 2.56. The van der Waals surface area contributed by atoms with Crippen molar-refractivity contribution in [3.8, 4) is 0 Å². The van der Waals surface area contributed by atoms with Gasteiger partial charge in [-0.2, -0.15) is 0 Å². The molecule has 1 N–H and O–H groups in total. The summed E-state index contributed by atoms with van der Waals surface area (Å²) in [4.78, 5) is 0. The zero-order chi connectivity index (χ0) is 11.8. The second kappa shape index (κ2) is 4.56. The zero-order valence-electron chi connectivity index (χ0n) is 9.34. The summed E-state index contributed by atoms with van der Waals surface area (Å²) in [5.41, 5.74) is 0.715. The van der Waals surface area contributed by atoms with Gasteiger partial charge in [-0.25, -0.2) is 0 Å². The topological polar surface area (TPSA) is 20.2 Å². The molecule has 0 heterocycles. The van der Waals surface area contributed by atoms with Crippen molar-refractivity contribution in [2.45, 2.75) is 38.7 Å². The summed E-state index contributed by atoms with van der Waals surface area (Å²) in [6, 6.07) is 5.45. The van der Waals surface area contributed by atoms with Gasteiger partial charge >= 0.3 is 0 Å². The van der Waals surface area contributed by atoms with Gasteiger partial charge in [0, 0.05) is 5.56 Å². The molecule has 1 saturated carbocycles. The summed E-state index contributed by atoms with van der Waals surface area (Å²) in [6.07, 6.45) is 3.96. The van der Waals surface area contributed by atoms with Crippen molar-refractivity contribution in [3.05, 3.63) is 33.8 Å². The van der Waals surface area contributed by atoms with Crippen molar-refractivity contribution in [3.63, 3.8) is 0 Å². The van der Waals surface area contributed by atoms with Crippen molar-refractivity contribution < 1.29 is 5.11 Å². The van der Waals surface area contributed by atoms with Gasteiger partial charge in [0.15, 0.2) is 0 Å². The van der Waals surface area contributed by atoms with Crippen LogP contribution in [0.15, 0.2) is 18.2 Å². The third-order valence-corrected chi connectivity index (χ3v) is 4.52. The third-order valence-electron chi connectivity index (χ3n) is 3.68. The van der Waals surface area contributed by atoms with Crippen LogP contribution < -0.4 is 0 Å². The minimum Gasteiger partial charge on any atom is -0.388 e. The monoisotopic (exact) mass is 258 g/mol. The van der Waals surface area contributed by atoms with Crippen LogP contribution in [-0.4, -0.2) is 5.11 Å². The van der Waals surface area contributed by atoms with Crippen molar-refractivity contribution in [2.75, 3.05) is 0 Å². The standard InChI is InChI=1S/C13H16Cl2O/c1-13(7-2-3-8-13)12(16)9-5-4-6-10(14)11(9)15/h4-6,12,16H,2-3,7-8H2,1H3. The number of halogens is 2. The number of hydrogen-bond donors (Lipinski definition) is 1. The molecule has 0 bridgehead atoms. The van der Waals surface area contributed by atoms with E-state index in [2.05, 4.69) is 6.92 Å². The van der Waals surface area contributed by atoms with Crippen LogP contribution in [0.3, 0.4) is 0 Å². The van der Waals surface area contributed by atoms with E-state index in [0.29, 0.717) is 10.0 Å². The summed E-state index contributed by atoms with van der Waals surface area (Å²) >= 11 is 12.1. The number of hydrogen-bond acceptors (Lipinski definition) is 1. The normalized spacial score (nSPS) is 21.0. The lowest BCUT2D eigenvalue weighted by atomic mass is 9.79. The second-order valence-electron chi connectivity index (χ2n) is 4.91. The van der Waals surface area contributed by atoms with Gasteiger partial charge in [0.1, 0.15) is 0 Å². The van der Waals surface area contributed by atoms with Gasteiger partial charge < -0.3 is 5.11 Å². The van der Waals surface area contributed by atoms with Crippen LogP contribution in [-0.2, 0) is 0 Å². The fraction of sp³-hybridized carbons (Fsp3) is 0.538. The molecule has 3 heteroatoms. The molecule has 1 unspecified atom stereocenters. The molecule has 1 aliphatic rings. The summed E-state index contributed by atoms with van der Waals surface area (Å²) < 4.78 is 0. The summed E-state index contributed by atoms with van der Waals surface area (Å²) in [7, 11) is 0. The van der Waals surface area contributed by atoms with Gasteiger partial charge in [-0.15, -0.1) is 0 Å². The molecule has 88 valence electrons. The smallest absolute Gasteiger partial charge is 0.0858 e. The summed E-state index contributed by atoms with van der Waals surface area (Å²) in [5.74, 6) is 0. The SMILES string of the molecule is CC1(C(O)c2cccc(Cl)c2Cl)CCCC1. The lowest BCUT2D eigenvalue weighted by Crippen LogP contribution is -2.22. The molecule has 1 aromatic carbocycles. The maximum Gasteiger partial charge on any atom is 0.0858 e. The van der Waals surface area contributed by atoms with Gasteiger partial charge in [-0.05, 0) is 24.3 Å². The van der Waals surface area contributed by atoms with E-state index in [-0.39, 0.29) is 5.41 Å². The van der Waals surface area contributed by atoms with Gasteiger partial charge in [0.05, 0.1) is 16.1 Å². The Morgan fingerprint density at radius 2 is 1.88 bits per heavy atom. The lowest BCUT2D eigenvalue weighted by molar-refractivity contribution is 0.0409. The van der Waals surface area contributed by atoms with E-state index in [0.717, 1.165) is 18.4 Å². The largest absolute Gasteiger partial charge is 0.388 e. The average molecular weight is 259 g/mol. The maximum absolute atomic E-state index is 10.4. The first-order chi connectivity index (χ1) is 7.54. The average Bonchev–Trinajstić information content (AvgIpc) is 2.70. The second-order valence-corrected chi connectivity index (χ2v) is 5.69. The Kier molecular flexibility index (Phi) is 3.48. The third kappa shape index (κ3) is 2.09. The number of benzene rings is 1. The van der Waals surface area contributed by atoms with Crippen LogP contribution in [0.25, 0.3) is 0 Å². The van der Waals surface area contributed by atoms with E-state index in [4.69, 9.17) is 23.2 Å². The van der Waals surface area contributed by atoms with Crippen LogP contribution in [0.5, 0.6) is 0 Å². The summed E-state index contributed by atoms with van der Waals surface area (Å²) in [5, 5.41) is 11.4. The molecule has 2 rings (SSSR count). The summed E-state index contributed by atoms with van der Waals surface area (Å²) in [6.45, 7) is 2.13. The van der Waals surface area contributed by atoms with Crippen LogP contribution in [0, 0.1) is 5.41 Å². The van der Waals surface area contributed by atoms with Gasteiger partial charge in [-0.1, -0.05) is 55.1 Å². The van der Waals surface area contributed by atoms with E-state index < -0.39 is 6.10 Å². The molecule has 0 aromatic heterocycles. The van der Waals surface area contributed by atoms with Crippen LogP contribution in [0.2, 0.25) is 10.0 Å². The highest BCUT2D eigenvalue weighted by molar-refractivity contribution is 6.42. The molecule has 1 atom stereocenters. The van der Waals surface area contributed by atoms with E-state index in [1.165, 1.54) is 12.8 Å². The van der Waals surface area contributed by atoms with E-state index in [1.807, 2.05) is 12.1 Å². The highest BCUT2D eigenvalue weighted by Gasteiger charge is 2.37. The quantitative estimate of drug-likeness (QED) is 0.822. The lowest BCUT2D eigenvalue weighted by Gasteiger charge is -2.31. The molecule has 1 aromatic rings. The van der Waals surface area contributed by atoms with Gasteiger partial charge in [-0.3, -0.25) is 0 Å². The first kappa shape index (κ1) is 12.2. The first-order valence-electron chi connectivity index (χ1n) is 5.66. The molecule has 1 aliphatic carbocycles. The van der Waals surface area contributed by atoms with Crippen LogP contribution >= 0.6 is 23.2 Å². The van der Waals surface area contributed by atoms with E-state index >= 15 is 0 Å². The molecule has 0 radical (unpaired) electrons. The van der Waals surface area contributed by atoms with Crippen molar-refractivity contribution in [1.29, 1.82) is 0 Å². The van der Waals surface area contributed by atoms with Crippen LogP contribution in [0.1, 0.15) is 44.3 Å². The molecule has 0 aliphatic heterocycles. The molecule has 0 saturated heterocycles. The molecule has 16 heavy (non-hydrogen) atoms. The minimum atomic E-state index is -0.513. The maximum atomic E-state index is 10.4. The van der Waals surface area contributed by atoms with Gasteiger partial charge in [0.2, 0.25) is 0 Å². The van der Waals surface area contributed by atoms with Crippen LogP contribution in [0.4, 0.5) is 0 Å². The van der Waals surface area contributed by atoms with Crippen molar-refractivity contribution in [2.24, 2.45) is 5.41 Å². The van der Waals surface area contributed by atoms with Crippen molar-refractivity contribution in [1.82, 2.24) is 0 Å². The Morgan fingerprint density at radius 1 is 1.25 bits per heavy atom. The molecular weight excluding hydrogens is 243 g/mol. The molecule has 1 nitrogen and oxygen atoms in total. The minimum absolute atomic E-state index is 0.0473. The Morgan fingerprint density at radius 3 is 2.50 bits per heavy atom. The number of aliphatic hydroxyl groups is 1. The van der Waals surface area contributed by atoms with Gasteiger partial charge in [0.25, 0.3) is 0 Å². The van der Waals surface area contributed by atoms with E-state index in [9.17, 15) is 5.11 Å². The predicted molar refractivity (Wildman–Crippen MR) is 68.0 cm³/mol. The molecule has 1 fully saturated rings. The van der Waals surface area contributed by atoms with Crippen molar-refractivity contribution >= 4 is 23.2 Å². The number of aliphatic hydroxyl groups excluding tert-OH is 1. The van der Waals surface area contributed by atoms with E-state index in [1.54, 1.807) is 6.07 Å². The molecule has 0 amide bonds. The first-order valence-corrected chi connectivity index (χ1v) is 6.42. The fourth-order valence-corrected chi connectivity index (χ4v) is 2.97. The number of rotatable bonds is 2. The predicted octanol–water partition coefficient (Wildman–Crippen LogP) is 4.61. The Labute approximate surface area is 106 Å². The highest BCUT2D eigenvalue weighted by atomic mass is 35.5. The Hall–Kier alpha value is -0.240. The highest BCUT2D eigenvalue weighted by Crippen LogP contribution is 2.48. The Bertz CT molecular complexity index is 384. The molecule has 0 spiro atoms. The molecular formula is C13H16Cl2O. The Balaban J connectivity index is 2.33.